The lowest BCUT2D eigenvalue weighted by Gasteiger charge is -2.27. The zero-order valence-electron chi connectivity index (χ0n) is 9.18. The van der Waals surface area contributed by atoms with Crippen molar-refractivity contribution in [1.82, 2.24) is 0 Å². The maximum atomic E-state index is 10.6. The number of hydrogen-bond donors (Lipinski definition) is 2. The molecular formula is C14H13ClO2. The quantitative estimate of drug-likeness (QED) is 0.877. The lowest BCUT2D eigenvalue weighted by atomic mass is 9.87. The molecule has 0 amide bonds. The molecule has 0 unspecified atom stereocenters. The highest BCUT2D eigenvalue weighted by atomic mass is 35.5. The van der Waals surface area contributed by atoms with E-state index in [0.717, 1.165) is 0 Å². The second-order valence-corrected chi connectivity index (χ2v) is 4.33. The Balaban J connectivity index is 2.48. The Bertz CT molecular complexity index is 481. The molecule has 0 aromatic heterocycles. The van der Waals surface area contributed by atoms with Crippen molar-refractivity contribution in [3.63, 3.8) is 0 Å². The molecule has 0 bridgehead atoms. The Labute approximate surface area is 105 Å². The predicted molar refractivity (Wildman–Crippen MR) is 68.0 cm³/mol. The molecule has 2 rings (SSSR count). The van der Waals surface area contributed by atoms with Crippen LogP contribution in [0.3, 0.4) is 0 Å². The molecule has 2 nitrogen and oxygen atoms in total. The number of halogens is 1. The fourth-order valence-electron chi connectivity index (χ4n) is 1.79. The maximum Gasteiger partial charge on any atom is 0.138 e. The van der Waals surface area contributed by atoms with Gasteiger partial charge in [-0.2, -0.15) is 0 Å². The van der Waals surface area contributed by atoms with Gasteiger partial charge in [-0.1, -0.05) is 54.1 Å². The van der Waals surface area contributed by atoms with Gasteiger partial charge in [-0.25, -0.2) is 0 Å². The molecule has 2 aromatic rings. The van der Waals surface area contributed by atoms with E-state index in [1.54, 1.807) is 36.4 Å². The molecule has 2 N–H and O–H groups in total. The van der Waals surface area contributed by atoms with Crippen LogP contribution in [0.4, 0.5) is 0 Å². The summed E-state index contributed by atoms with van der Waals surface area (Å²) < 4.78 is 0. The van der Waals surface area contributed by atoms with E-state index in [4.69, 9.17) is 11.6 Å². The van der Waals surface area contributed by atoms with Crippen molar-refractivity contribution in [2.45, 2.75) is 5.60 Å². The van der Waals surface area contributed by atoms with E-state index in [0.29, 0.717) is 16.1 Å². The summed E-state index contributed by atoms with van der Waals surface area (Å²) >= 11 is 5.81. The van der Waals surface area contributed by atoms with Gasteiger partial charge in [-0.3, -0.25) is 0 Å². The van der Waals surface area contributed by atoms with Crippen molar-refractivity contribution in [1.29, 1.82) is 0 Å². The topological polar surface area (TPSA) is 40.5 Å². The third-order valence-corrected chi connectivity index (χ3v) is 3.05. The van der Waals surface area contributed by atoms with E-state index in [-0.39, 0.29) is 6.61 Å². The van der Waals surface area contributed by atoms with Crippen molar-refractivity contribution in [3.05, 3.63) is 70.7 Å². The summed E-state index contributed by atoms with van der Waals surface area (Å²) in [6.07, 6.45) is 0. The van der Waals surface area contributed by atoms with Gasteiger partial charge < -0.3 is 10.2 Å². The van der Waals surface area contributed by atoms with Crippen LogP contribution in [0.1, 0.15) is 11.1 Å². The van der Waals surface area contributed by atoms with Crippen molar-refractivity contribution >= 4 is 11.6 Å². The standard InChI is InChI=1S/C14H13ClO2/c15-13-8-6-12(7-9-13)14(17,10-16)11-4-2-1-3-5-11/h1-9,16-17H,10H2/t14-/m1/s1. The molecule has 0 saturated heterocycles. The Morgan fingerprint density at radius 1 is 0.882 bits per heavy atom. The van der Waals surface area contributed by atoms with Gasteiger partial charge >= 0.3 is 0 Å². The minimum Gasteiger partial charge on any atom is -0.393 e. The molecule has 0 radical (unpaired) electrons. The van der Waals surface area contributed by atoms with Gasteiger partial charge in [0.1, 0.15) is 5.60 Å². The Hall–Kier alpha value is -1.35. The summed E-state index contributed by atoms with van der Waals surface area (Å²) in [6.45, 7) is -0.376. The van der Waals surface area contributed by atoms with E-state index >= 15 is 0 Å². The first-order valence-electron chi connectivity index (χ1n) is 5.31. The van der Waals surface area contributed by atoms with Gasteiger partial charge in [0.05, 0.1) is 6.61 Å². The van der Waals surface area contributed by atoms with Crippen LogP contribution in [0, 0.1) is 0 Å². The first kappa shape index (κ1) is 12.1. The monoisotopic (exact) mass is 248 g/mol. The molecular weight excluding hydrogens is 236 g/mol. The Morgan fingerprint density at radius 3 is 1.94 bits per heavy atom. The van der Waals surface area contributed by atoms with E-state index in [9.17, 15) is 10.2 Å². The SMILES string of the molecule is OC[C@@](O)(c1ccccc1)c1ccc(Cl)cc1. The smallest absolute Gasteiger partial charge is 0.138 e. The van der Waals surface area contributed by atoms with Gasteiger partial charge in [0.25, 0.3) is 0 Å². The van der Waals surface area contributed by atoms with E-state index < -0.39 is 5.60 Å². The maximum absolute atomic E-state index is 10.6. The van der Waals surface area contributed by atoms with Gasteiger partial charge in [-0.15, -0.1) is 0 Å². The molecule has 0 fully saturated rings. The van der Waals surface area contributed by atoms with Gasteiger partial charge in [0.2, 0.25) is 0 Å². The number of hydrogen-bond acceptors (Lipinski definition) is 2. The molecule has 0 saturated carbocycles. The van der Waals surface area contributed by atoms with Crippen molar-refractivity contribution < 1.29 is 10.2 Å². The van der Waals surface area contributed by atoms with Gasteiger partial charge in [0, 0.05) is 5.02 Å². The predicted octanol–water partition coefficient (Wildman–Crippen LogP) is 2.57. The molecule has 0 aliphatic heterocycles. The van der Waals surface area contributed by atoms with Crippen LogP contribution in [0.2, 0.25) is 5.02 Å². The van der Waals surface area contributed by atoms with Crippen LogP contribution in [0.25, 0.3) is 0 Å². The lowest BCUT2D eigenvalue weighted by molar-refractivity contribution is 0.0173. The fourth-order valence-corrected chi connectivity index (χ4v) is 1.91. The molecule has 3 heteroatoms. The minimum atomic E-state index is -1.38. The highest BCUT2D eigenvalue weighted by molar-refractivity contribution is 6.30. The fraction of sp³-hybridized carbons (Fsp3) is 0.143. The molecule has 0 aliphatic carbocycles. The summed E-state index contributed by atoms with van der Waals surface area (Å²) in [6, 6.07) is 15.9. The second-order valence-electron chi connectivity index (χ2n) is 3.89. The van der Waals surface area contributed by atoms with Crippen LogP contribution < -0.4 is 0 Å². The Morgan fingerprint density at radius 2 is 1.41 bits per heavy atom. The summed E-state index contributed by atoms with van der Waals surface area (Å²) in [5.74, 6) is 0. The molecule has 0 aliphatic rings. The third-order valence-electron chi connectivity index (χ3n) is 2.80. The molecule has 1 atom stereocenters. The molecule has 0 heterocycles. The first-order chi connectivity index (χ1) is 8.16. The van der Waals surface area contributed by atoms with Crippen LogP contribution in [-0.4, -0.2) is 16.8 Å². The average molecular weight is 249 g/mol. The Kier molecular flexibility index (Phi) is 3.48. The summed E-state index contributed by atoms with van der Waals surface area (Å²) in [5, 5.41) is 20.6. The zero-order chi connectivity index (χ0) is 12.3. The number of rotatable bonds is 3. The summed E-state index contributed by atoms with van der Waals surface area (Å²) in [7, 11) is 0. The second kappa shape index (κ2) is 4.88. The minimum absolute atomic E-state index is 0.376. The largest absolute Gasteiger partial charge is 0.393 e. The first-order valence-corrected chi connectivity index (χ1v) is 5.69. The number of aliphatic hydroxyl groups excluding tert-OH is 1. The van der Waals surface area contributed by atoms with E-state index in [1.165, 1.54) is 0 Å². The van der Waals surface area contributed by atoms with Crippen LogP contribution in [0.5, 0.6) is 0 Å². The van der Waals surface area contributed by atoms with Gasteiger partial charge in [-0.05, 0) is 23.3 Å². The number of benzene rings is 2. The zero-order valence-corrected chi connectivity index (χ0v) is 9.93. The van der Waals surface area contributed by atoms with Crippen molar-refractivity contribution in [2.24, 2.45) is 0 Å². The van der Waals surface area contributed by atoms with Gasteiger partial charge in [0.15, 0.2) is 0 Å². The molecule has 0 spiro atoms. The van der Waals surface area contributed by atoms with E-state index in [1.807, 2.05) is 18.2 Å². The number of aliphatic hydroxyl groups is 2. The summed E-state index contributed by atoms with van der Waals surface area (Å²) in [5.41, 5.74) is -0.105. The third kappa shape index (κ3) is 2.34. The lowest BCUT2D eigenvalue weighted by Crippen LogP contribution is -2.31. The molecule has 2 aromatic carbocycles. The van der Waals surface area contributed by atoms with Crippen molar-refractivity contribution in [3.8, 4) is 0 Å². The van der Waals surface area contributed by atoms with Crippen LogP contribution in [-0.2, 0) is 5.60 Å². The van der Waals surface area contributed by atoms with Crippen LogP contribution in [0.15, 0.2) is 54.6 Å². The van der Waals surface area contributed by atoms with Crippen LogP contribution >= 0.6 is 11.6 Å². The average Bonchev–Trinajstić information content (AvgIpc) is 2.40. The summed E-state index contributed by atoms with van der Waals surface area (Å²) in [4.78, 5) is 0. The normalized spacial score (nSPS) is 14.3. The highest BCUT2D eigenvalue weighted by Crippen LogP contribution is 2.29. The van der Waals surface area contributed by atoms with Crippen molar-refractivity contribution in [2.75, 3.05) is 6.61 Å². The van der Waals surface area contributed by atoms with E-state index in [2.05, 4.69) is 0 Å². The highest BCUT2D eigenvalue weighted by Gasteiger charge is 2.30. The molecule has 17 heavy (non-hydrogen) atoms. The molecule has 88 valence electrons.